The van der Waals surface area contributed by atoms with Crippen LogP contribution in [0.3, 0.4) is 0 Å². The van der Waals surface area contributed by atoms with Crippen molar-refractivity contribution in [3.63, 3.8) is 0 Å². The number of rotatable bonds is 3. The average molecular weight is 532 g/mol. The van der Waals surface area contributed by atoms with Crippen molar-refractivity contribution in [1.82, 2.24) is 4.98 Å². The second-order valence-corrected chi connectivity index (χ2v) is 11.1. The predicted octanol–water partition coefficient (Wildman–Crippen LogP) is 11.2. The Labute approximate surface area is 244 Å². The molecular weight excluding hydrogens is 506 g/mol. The first kappa shape index (κ1) is 23.2. The van der Waals surface area contributed by atoms with Crippen LogP contribution in [0.15, 0.2) is 152 Å². The average Bonchev–Trinajstić information content (AvgIpc) is 3.39. The number of pyridine rings is 1. The zero-order chi connectivity index (χ0) is 27.6. The highest BCUT2D eigenvalue weighted by Crippen LogP contribution is 2.58. The Morgan fingerprint density at radius 2 is 0.857 bits per heavy atom. The minimum absolute atomic E-state index is 1.18. The van der Waals surface area contributed by atoms with Crippen LogP contribution in [-0.4, -0.2) is 4.98 Å². The van der Waals surface area contributed by atoms with E-state index in [0.29, 0.717) is 0 Å². The third-order valence-electron chi connectivity index (χ3n) is 8.89. The van der Waals surface area contributed by atoms with Crippen molar-refractivity contribution in [2.24, 2.45) is 0 Å². The molecule has 9 rings (SSSR count). The molecule has 0 amide bonds. The van der Waals surface area contributed by atoms with Gasteiger partial charge in [-0.15, -0.1) is 0 Å². The molecule has 194 valence electrons. The summed E-state index contributed by atoms with van der Waals surface area (Å²) in [6.07, 6.45) is 3.87. The van der Waals surface area contributed by atoms with Gasteiger partial charge in [-0.05, 0) is 88.6 Å². The lowest BCUT2D eigenvalue weighted by Crippen LogP contribution is -1.93. The van der Waals surface area contributed by atoms with Crippen molar-refractivity contribution in [3.05, 3.63) is 152 Å². The van der Waals surface area contributed by atoms with Crippen molar-refractivity contribution in [1.29, 1.82) is 0 Å². The Morgan fingerprint density at radius 1 is 0.333 bits per heavy atom. The van der Waals surface area contributed by atoms with Crippen molar-refractivity contribution in [2.75, 3.05) is 0 Å². The molecule has 1 aromatic heterocycles. The van der Waals surface area contributed by atoms with Crippen LogP contribution in [-0.2, 0) is 0 Å². The topological polar surface area (TPSA) is 12.9 Å². The Bertz CT molecular complexity index is 2240. The largest absolute Gasteiger partial charge is 0.264 e. The van der Waals surface area contributed by atoms with Gasteiger partial charge in [-0.25, -0.2) is 0 Å². The predicted molar refractivity (Wildman–Crippen MR) is 177 cm³/mol. The summed E-state index contributed by atoms with van der Waals surface area (Å²) in [6.45, 7) is 0. The monoisotopic (exact) mass is 531 g/mol. The van der Waals surface area contributed by atoms with E-state index < -0.39 is 0 Å². The van der Waals surface area contributed by atoms with Crippen LogP contribution < -0.4 is 0 Å². The van der Waals surface area contributed by atoms with Gasteiger partial charge in [0, 0.05) is 17.8 Å². The van der Waals surface area contributed by atoms with Gasteiger partial charge < -0.3 is 0 Å². The van der Waals surface area contributed by atoms with Gasteiger partial charge in [0.1, 0.15) is 0 Å². The molecule has 0 unspecified atom stereocenters. The molecule has 1 heteroatoms. The van der Waals surface area contributed by atoms with Crippen molar-refractivity contribution >= 4 is 32.3 Å². The third-order valence-corrected chi connectivity index (χ3v) is 8.89. The summed E-state index contributed by atoms with van der Waals surface area (Å²) in [6, 6.07) is 50.9. The van der Waals surface area contributed by atoms with Crippen molar-refractivity contribution in [2.45, 2.75) is 0 Å². The van der Waals surface area contributed by atoms with E-state index in [-0.39, 0.29) is 0 Å². The third kappa shape index (κ3) is 3.22. The summed E-state index contributed by atoms with van der Waals surface area (Å²) in [7, 11) is 0. The van der Waals surface area contributed by atoms with Gasteiger partial charge in [-0.2, -0.15) is 0 Å². The van der Waals surface area contributed by atoms with E-state index in [2.05, 4.69) is 145 Å². The van der Waals surface area contributed by atoms with Crippen molar-refractivity contribution < 1.29 is 0 Å². The molecule has 42 heavy (non-hydrogen) atoms. The molecular formula is C41H25N. The molecule has 0 N–H and O–H groups in total. The van der Waals surface area contributed by atoms with Crippen LogP contribution >= 0.6 is 0 Å². The van der Waals surface area contributed by atoms with Crippen LogP contribution in [0.1, 0.15) is 0 Å². The zero-order valence-corrected chi connectivity index (χ0v) is 22.9. The van der Waals surface area contributed by atoms with Crippen LogP contribution in [0.25, 0.3) is 88.0 Å². The first-order chi connectivity index (χ1) is 20.9. The fourth-order valence-electron chi connectivity index (χ4n) is 7.19. The molecule has 0 aliphatic heterocycles. The van der Waals surface area contributed by atoms with E-state index in [1.807, 2.05) is 12.4 Å². The lowest BCUT2D eigenvalue weighted by atomic mass is 9.82. The summed E-state index contributed by atoms with van der Waals surface area (Å²) in [4.78, 5) is 4.48. The maximum atomic E-state index is 4.48. The summed E-state index contributed by atoms with van der Waals surface area (Å²) >= 11 is 0. The molecule has 1 aliphatic rings. The molecule has 0 radical (unpaired) electrons. The number of nitrogens with zero attached hydrogens (tertiary/aromatic N) is 1. The molecule has 0 atom stereocenters. The molecule has 0 spiro atoms. The zero-order valence-electron chi connectivity index (χ0n) is 22.9. The Hall–Kier alpha value is -5.53. The fourth-order valence-corrected chi connectivity index (χ4v) is 7.19. The van der Waals surface area contributed by atoms with E-state index >= 15 is 0 Å². The number of benzene rings is 7. The lowest BCUT2D eigenvalue weighted by Gasteiger charge is -2.20. The van der Waals surface area contributed by atoms with Gasteiger partial charge >= 0.3 is 0 Å². The molecule has 1 nitrogen and oxygen atoms in total. The first-order valence-corrected chi connectivity index (χ1v) is 14.5. The van der Waals surface area contributed by atoms with E-state index in [9.17, 15) is 0 Å². The Balaban J connectivity index is 1.46. The van der Waals surface area contributed by atoms with Gasteiger partial charge in [-0.3, -0.25) is 4.98 Å². The Morgan fingerprint density at radius 3 is 1.55 bits per heavy atom. The minimum atomic E-state index is 1.18. The summed E-state index contributed by atoms with van der Waals surface area (Å²) in [5, 5.41) is 7.56. The number of hydrogen-bond donors (Lipinski definition) is 0. The van der Waals surface area contributed by atoms with Crippen LogP contribution in [0.5, 0.6) is 0 Å². The normalized spacial score (nSPS) is 11.8. The van der Waals surface area contributed by atoms with Crippen LogP contribution in [0.2, 0.25) is 0 Å². The quantitative estimate of drug-likeness (QED) is 0.221. The second kappa shape index (κ2) is 8.99. The number of aromatic nitrogens is 1. The molecule has 0 saturated carbocycles. The van der Waals surface area contributed by atoms with E-state index in [1.54, 1.807) is 0 Å². The van der Waals surface area contributed by atoms with Crippen molar-refractivity contribution in [3.8, 4) is 55.6 Å². The highest BCUT2D eigenvalue weighted by molar-refractivity contribution is 6.29. The molecule has 1 heterocycles. The highest BCUT2D eigenvalue weighted by atomic mass is 14.6. The first-order valence-electron chi connectivity index (χ1n) is 14.5. The van der Waals surface area contributed by atoms with Crippen LogP contribution in [0, 0.1) is 0 Å². The Kier molecular flexibility index (Phi) is 4.97. The van der Waals surface area contributed by atoms with E-state index in [4.69, 9.17) is 0 Å². The molecule has 0 bridgehead atoms. The summed E-state index contributed by atoms with van der Waals surface area (Å²) < 4.78 is 0. The van der Waals surface area contributed by atoms with Crippen LogP contribution in [0.4, 0.5) is 0 Å². The maximum absolute atomic E-state index is 4.48. The molecule has 0 fully saturated rings. The van der Waals surface area contributed by atoms with E-state index in [0.717, 1.165) is 0 Å². The fraction of sp³-hybridized carbons (Fsp3) is 0. The van der Waals surface area contributed by atoms with Gasteiger partial charge in [0.15, 0.2) is 0 Å². The summed E-state index contributed by atoms with van der Waals surface area (Å²) in [5.74, 6) is 0. The number of hydrogen-bond acceptors (Lipinski definition) is 1. The lowest BCUT2D eigenvalue weighted by molar-refractivity contribution is 1.36. The highest BCUT2D eigenvalue weighted by Gasteiger charge is 2.31. The summed E-state index contributed by atoms with van der Waals surface area (Å²) in [5.41, 5.74) is 12.8. The van der Waals surface area contributed by atoms with Gasteiger partial charge in [0.25, 0.3) is 0 Å². The molecule has 1 aliphatic carbocycles. The molecule has 8 aromatic rings. The minimum Gasteiger partial charge on any atom is -0.264 e. The van der Waals surface area contributed by atoms with Gasteiger partial charge in [0.2, 0.25) is 0 Å². The van der Waals surface area contributed by atoms with E-state index in [1.165, 1.54) is 88.0 Å². The standard InChI is InChI=1S/C41H25N/c1-3-11-27(12-4-1)37-32-16-7-8-17-33(32)38(28-13-5-2-6-14-28)41-35-22-21-30(31-19-10-20-34(39(31)35)40(37)41)29-18-9-15-26-23-24-42-25-36(26)29/h1-25H. The SMILES string of the molecule is c1ccc(-c2c3c(c(-c4ccccc4)c4ccccc24)-c2ccc(-c4cccc5ccncc45)c4cccc-3c24)cc1. The van der Waals surface area contributed by atoms with Gasteiger partial charge in [-0.1, -0.05) is 133 Å². The molecule has 0 saturated heterocycles. The number of fused-ring (bicyclic) bond motifs is 5. The second-order valence-electron chi connectivity index (χ2n) is 11.1. The molecule has 7 aromatic carbocycles. The van der Waals surface area contributed by atoms with Gasteiger partial charge in [0.05, 0.1) is 0 Å². The smallest absolute Gasteiger partial charge is 0.0352 e. The maximum Gasteiger partial charge on any atom is 0.0352 e.